The summed E-state index contributed by atoms with van der Waals surface area (Å²) in [6.45, 7) is 2.31. The third-order valence-electron chi connectivity index (χ3n) is 2.21. The number of hydrogen-bond acceptors (Lipinski definition) is 4. The highest BCUT2D eigenvalue weighted by atomic mass is 35.5. The van der Waals surface area contributed by atoms with E-state index in [4.69, 9.17) is 16.3 Å². The molecular weight excluding hydrogens is 238 g/mol. The van der Waals surface area contributed by atoms with Crippen molar-refractivity contribution < 1.29 is 4.74 Å². The molecular formula is C12H12ClN3O. The molecule has 2 aromatic heterocycles. The molecule has 0 unspecified atom stereocenters. The van der Waals surface area contributed by atoms with Gasteiger partial charge in [0.1, 0.15) is 0 Å². The molecule has 5 heteroatoms. The summed E-state index contributed by atoms with van der Waals surface area (Å²) in [5.74, 6) is 0. The van der Waals surface area contributed by atoms with Crippen molar-refractivity contribution in [2.75, 3.05) is 6.61 Å². The zero-order valence-corrected chi connectivity index (χ0v) is 10.2. The fourth-order valence-electron chi connectivity index (χ4n) is 1.29. The normalized spacial score (nSPS) is 10.2. The fraction of sp³-hybridized carbons (Fsp3) is 0.250. The minimum atomic E-state index is 0.350. The van der Waals surface area contributed by atoms with Gasteiger partial charge < -0.3 is 4.74 Å². The maximum absolute atomic E-state index is 5.82. The molecule has 0 fully saturated rings. The SMILES string of the molecule is Cc1nc(OCCc2ccccn2)ncc1Cl. The predicted octanol–water partition coefficient (Wildman–Crippen LogP) is 2.45. The number of nitrogens with zero attached hydrogens (tertiary/aromatic N) is 3. The van der Waals surface area contributed by atoms with Gasteiger partial charge in [-0.15, -0.1) is 0 Å². The number of aromatic nitrogens is 3. The van der Waals surface area contributed by atoms with Crippen LogP contribution in [0.2, 0.25) is 5.02 Å². The molecule has 0 aliphatic carbocycles. The molecule has 88 valence electrons. The molecule has 0 radical (unpaired) electrons. The second-order valence-corrected chi connectivity index (χ2v) is 3.91. The lowest BCUT2D eigenvalue weighted by molar-refractivity contribution is 0.294. The molecule has 0 N–H and O–H groups in total. The first-order chi connectivity index (χ1) is 8.25. The summed E-state index contributed by atoms with van der Waals surface area (Å²) in [7, 11) is 0. The Morgan fingerprint density at radius 1 is 1.29 bits per heavy atom. The van der Waals surface area contributed by atoms with E-state index in [1.54, 1.807) is 12.4 Å². The van der Waals surface area contributed by atoms with Gasteiger partial charge in [-0.3, -0.25) is 4.98 Å². The Balaban J connectivity index is 1.88. The second-order valence-electron chi connectivity index (χ2n) is 3.51. The van der Waals surface area contributed by atoms with Crippen molar-refractivity contribution >= 4 is 11.6 Å². The van der Waals surface area contributed by atoms with E-state index in [1.165, 1.54) is 0 Å². The summed E-state index contributed by atoms with van der Waals surface area (Å²) in [5, 5.41) is 0.544. The molecule has 2 rings (SSSR count). The Kier molecular flexibility index (Phi) is 3.88. The highest BCUT2D eigenvalue weighted by Crippen LogP contribution is 2.13. The summed E-state index contributed by atoms with van der Waals surface area (Å²) in [4.78, 5) is 12.3. The zero-order chi connectivity index (χ0) is 12.1. The Hall–Kier alpha value is -1.68. The van der Waals surface area contributed by atoms with E-state index in [9.17, 15) is 0 Å². The highest BCUT2D eigenvalue weighted by molar-refractivity contribution is 6.31. The molecule has 2 aromatic rings. The summed E-state index contributed by atoms with van der Waals surface area (Å²) in [6, 6.07) is 6.14. The van der Waals surface area contributed by atoms with Crippen molar-refractivity contribution in [3.05, 3.63) is 47.0 Å². The van der Waals surface area contributed by atoms with Crippen LogP contribution in [0.15, 0.2) is 30.6 Å². The van der Waals surface area contributed by atoms with Gasteiger partial charge in [-0.05, 0) is 19.1 Å². The molecule has 17 heavy (non-hydrogen) atoms. The molecule has 0 atom stereocenters. The summed E-state index contributed by atoms with van der Waals surface area (Å²) in [6.07, 6.45) is 4.03. The van der Waals surface area contributed by atoms with Crippen LogP contribution in [0.1, 0.15) is 11.4 Å². The molecule has 0 aromatic carbocycles. The average molecular weight is 250 g/mol. The van der Waals surface area contributed by atoms with Gasteiger partial charge in [0, 0.05) is 18.3 Å². The average Bonchev–Trinajstić information content (AvgIpc) is 2.35. The van der Waals surface area contributed by atoms with E-state index in [1.807, 2.05) is 25.1 Å². The Bertz CT molecular complexity index is 490. The van der Waals surface area contributed by atoms with Gasteiger partial charge in [0.15, 0.2) is 0 Å². The molecule has 0 amide bonds. The topological polar surface area (TPSA) is 47.9 Å². The molecule has 0 saturated carbocycles. The lowest BCUT2D eigenvalue weighted by atomic mass is 10.3. The highest BCUT2D eigenvalue weighted by Gasteiger charge is 2.02. The largest absolute Gasteiger partial charge is 0.463 e. The molecule has 2 heterocycles. The van der Waals surface area contributed by atoms with Crippen molar-refractivity contribution in [3.63, 3.8) is 0 Å². The third kappa shape index (κ3) is 3.39. The Morgan fingerprint density at radius 2 is 2.18 bits per heavy atom. The molecule has 0 saturated heterocycles. The number of halogens is 1. The Labute approximate surface area is 105 Å². The smallest absolute Gasteiger partial charge is 0.316 e. The van der Waals surface area contributed by atoms with Crippen LogP contribution in [0.25, 0.3) is 0 Å². The zero-order valence-electron chi connectivity index (χ0n) is 9.43. The molecule has 0 aliphatic heterocycles. The van der Waals surface area contributed by atoms with Crippen LogP contribution in [0, 0.1) is 6.92 Å². The van der Waals surface area contributed by atoms with Crippen LogP contribution in [0.5, 0.6) is 6.01 Å². The van der Waals surface area contributed by atoms with Gasteiger partial charge in [0.2, 0.25) is 0 Å². The van der Waals surface area contributed by atoms with Crippen LogP contribution < -0.4 is 4.74 Å². The fourth-order valence-corrected chi connectivity index (χ4v) is 1.38. The van der Waals surface area contributed by atoms with Gasteiger partial charge >= 0.3 is 6.01 Å². The first-order valence-corrected chi connectivity index (χ1v) is 5.65. The minimum Gasteiger partial charge on any atom is -0.463 e. The molecule has 0 aliphatic rings. The van der Waals surface area contributed by atoms with E-state index in [-0.39, 0.29) is 0 Å². The van der Waals surface area contributed by atoms with Crippen LogP contribution in [0.4, 0.5) is 0 Å². The third-order valence-corrected chi connectivity index (χ3v) is 2.58. The maximum atomic E-state index is 5.82. The summed E-state index contributed by atoms with van der Waals surface area (Å²) in [5.41, 5.74) is 1.70. The standard InChI is InChI=1S/C12H12ClN3O/c1-9-11(13)8-15-12(16-9)17-7-5-10-4-2-3-6-14-10/h2-4,6,8H,5,7H2,1H3. The summed E-state index contributed by atoms with van der Waals surface area (Å²) >= 11 is 5.82. The van der Waals surface area contributed by atoms with E-state index in [0.29, 0.717) is 17.6 Å². The van der Waals surface area contributed by atoms with Crippen LogP contribution in [0.3, 0.4) is 0 Å². The first kappa shape index (κ1) is 11.8. The quantitative estimate of drug-likeness (QED) is 0.835. The minimum absolute atomic E-state index is 0.350. The van der Waals surface area contributed by atoms with Gasteiger partial charge in [0.25, 0.3) is 0 Å². The monoisotopic (exact) mass is 249 g/mol. The number of ether oxygens (including phenoxy) is 1. The lowest BCUT2D eigenvalue weighted by Crippen LogP contribution is -2.05. The van der Waals surface area contributed by atoms with Crippen molar-refractivity contribution in [2.24, 2.45) is 0 Å². The number of rotatable bonds is 4. The maximum Gasteiger partial charge on any atom is 0.316 e. The molecule has 0 spiro atoms. The van der Waals surface area contributed by atoms with Crippen molar-refractivity contribution in [2.45, 2.75) is 13.3 Å². The van der Waals surface area contributed by atoms with Crippen LogP contribution in [-0.4, -0.2) is 21.6 Å². The van der Waals surface area contributed by atoms with E-state index in [2.05, 4.69) is 15.0 Å². The van der Waals surface area contributed by atoms with E-state index in [0.717, 1.165) is 17.8 Å². The number of pyridine rings is 1. The molecule has 0 bridgehead atoms. The van der Waals surface area contributed by atoms with Gasteiger partial charge in [-0.25, -0.2) is 4.98 Å². The van der Waals surface area contributed by atoms with E-state index >= 15 is 0 Å². The van der Waals surface area contributed by atoms with Crippen molar-refractivity contribution in [3.8, 4) is 6.01 Å². The van der Waals surface area contributed by atoms with Gasteiger partial charge in [-0.1, -0.05) is 17.7 Å². The van der Waals surface area contributed by atoms with Gasteiger partial charge in [-0.2, -0.15) is 4.98 Å². The van der Waals surface area contributed by atoms with Crippen molar-refractivity contribution in [1.82, 2.24) is 15.0 Å². The second kappa shape index (κ2) is 5.59. The predicted molar refractivity (Wildman–Crippen MR) is 65.2 cm³/mol. The van der Waals surface area contributed by atoms with Crippen LogP contribution in [-0.2, 0) is 6.42 Å². The summed E-state index contributed by atoms with van der Waals surface area (Å²) < 4.78 is 5.42. The van der Waals surface area contributed by atoms with Crippen LogP contribution >= 0.6 is 11.6 Å². The first-order valence-electron chi connectivity index (χ1n) is 5.27. The van der Waals surface area contributed by atoms with E-state index < -0.39 is 0 Å². The van der Waals surface area contributed by atoms with Gasteiger partial charge in [0.05, 0.1) is 23.5 Å². The van der Waals surface area contributed by atoms with Crippen molar-refractivity contribution in [1.29, 1.82) is 0 Å². The Morgan fingerprint density at radius 3 is 2.88 bits per heavy atom. The number of aryl methyl sites for hydroxylation is 1. The number of hydrogen-bond donors (Lipinski definition) is 0. The lowest BCUT2D eigenvalue weighted by Gasteiger charge is -2.04. The molecule has 4 nitrogen and oxygen atoms in total.